The minimum Gasteiger partial charge on any atom is -0.465 e. The van der Waals surface area contributed by atoms with Crippen molar-refractivity contribution >= 4 is 5.97 Å². The van der Waals surface area contributed by atoms with Gasteiger partial charge in [0.2, 0.25) is 0 Å². The predicted octanol–water partition coefficient (Wildman–Crippen LogP) is 1.58. The van der Waals surface area contributed by atoms with E-state index in [2.05, 4.69) is 6.07 Å². The van der Waals surface area contributed by atoms with Gasteiger partial charge in [-0.15, -0.1) is 0 Å². The maximum atomic E-state index is 11.9. The molecule has 0 N–H and O–H groups in total. The summed E-state index contributed by atoms with van der Waals surface area (Å²) < 4.78 is 10.1. The highest BCUT2D eigenvalue weighted by Gasteiger charge is 2.25. The molecule has 0 spiro atoms. The minimum atomic E-state index is -0.265. The molecule has 5 heteroatoms. The van der Waals surface area contributed by atoms with Crippen LogP contribution in [-0.4, -0.2) is 50.3 Å². The molecule has 0 bridgehead atoms. The van der Waals surface area contributed by atoms with E-state index in [9.17, 15) is 4.79 Å². The van der Waals surface area contributed by atoms with E-state index in [-0.39, 0.29) is 12.0 Å². The summed E-state index contributed by atoms with van der Waals surface area (Å²) in [7, 11) is 1.63. The molecule has 1 atom stereocenters. The van der Waals surface area contributed by atoms with Crippen molar-refractivity contribution in [3.8, 4) is 6.07 Å². The SMILES string of the molecule is CCCC(C(=O)OCC)N(CCC#N)CCOC. The molecule has 0 rings (SSSR count). The Morgan fingerprint density at radius 2 is 2.11 bits per heavy atom. The van der Waals surface area contributed by atoms with Crippen molar-refractivity contribution in [2.45, 2.75) is 39.2 Å². The monoisotopic (exact) mass is 256 g/mol. The van der Waals surface area contributed by atoms with Gasteiger partial charge in [0.05, 0.1) is 19.3 Å². The smallest absolute Gasteiger partial charge is 0.323 e. The highest BCUT2D eigenvalue weighted by Crippen LogP contribution is 2.10. The normalized spacial score (nSPS) is 12.2. The first-order chi connectivity index (χ1) is 8.71. The highest BCUT2D eigenvalue weighted by molar-refractivity contribution is 5.75. The third kappa shape index (κ3) is 6.58. The Bertz CT molecular complexity index is 263. The number of hydrogen-bond acceptors (Lipinski definition) is 5. The first-order valence-corrected chi connectivity index (χ1v) is 6.47. The fourth-order valence-corrected chi connectivity index (χ4v) is 1.79. The van der Waals surface area contributed by atoms with Crippen LogP contribution in [0.5, 0.6) is 0 Å². The number of nitriles is 1. The average Bonchev–Trinajstić information content (AvgIpc) is 2.37. The number of ether oxygens (including phenoxy) is 2. The van der Waals surface area contributed by atoms with Gasteiger partial charge in [0.25, 0.3) is 0 Å². The summed E-state index contributed by atoms with van der Waals surface area (Å²) in [6, 6.07) is 1.84. The van der Waals surface area contributed by atoms with Gasteiger partial charge in [-0.25, -0.2) is 0 Å². The van der Waals surface area contributed by atoms with Crippen molar-refractivity contribution in [2.75, 3.05) is 33.4 Å². The topological polar surface area (TPSA) is 62.6 Å². The second-order valence-corrected chi connectivity index (χ2v) is 3.99. The molecule has 0 heterocycles. The molecule has 0 radical (unpaired) electrons. The molecule has 5 nitrogen and oxygen atoms in total. The second kappa shape index (κ2) is 11.0. The molecule has 0 saturated carbocycles. The molecule has 0 aromatic heterocycles. The van der Waals surface area contributed by atoms with Gasteiger partial charge in [0.15, 0.2) is 0 Å². The van der Waals surface area contributed by atoms with E-state index in [4.69, 9.17) is 14.7 Å². The van der Waals surface area contributed by atoms with Gasteiger partial charge in [-0.1, -0.05) is 13.3 Å². The van der Waals surface area contributed by atoms with Gasteiger partial charge in [-0.3, -0.25) is 9.69 Å². The van der Waals surface area contributed by atoms with Crippen LogP contribution in [0.25, 0.3) is 0 Å². The van der Waals surface area contributed by atoms with Crippen LogP contribution in [0.4, 0.5) is 0 Å². The summed E-state index contributed by atoms with van der Waals surface area (Å²) in [6.45, 7) is 5.98. The van der Waals surface area contributed by atoms with Gasteiger partial charge < -0.3 is 9.47 Å². The third-order valence-electron chi connectivity index (χ3n) is 2.66. The molecule has 18 heavy (non-hydrogen) atoms. The van der Waals surface area contributed by atoms with Crippen LogP contribution in [0.15, 0.2) is 0 Å². The Morgan fingerprint density at radius 3 is 2.61 bits per heavy atom. The van der Waals surface area contributed by atoms with Crippen molar-refractivity contribution < 1.29 is 14.3 Å². The van der Waals surface area contributed by atoms with Crippen LogP contribution in [-0.2, 0) is 14.3 Å². The Hall–Kier alpha value is -1.12. The van der Waals surface area contributed by atoms with Crippen LogP contribution in [0.1, 0.15) is 33.1 Å². The van der Waals surface area contributed by atoms with Crippen molar-refractivity contribution in [3.63, 3.8) is 0 Å². The zero-order chi connectivity index (χ0) is 13.8. The lowest BCUT2D eigenvalue weighted by molar-refractivity contribution is -0.150. The van der Waals surface area contributed by atoms with Gasteiger partial charge in [-0.05, 0) is 13.3 Å². The molecule has 0 aliphatic heterocycles. The number of rotatable bonds is 10. The lowest BCUT2D eigenvalue weighted by Crippen LogP contribution is -2.44. The Labute approximate surface area is 110 Å². The summed E-state index contributed by atoms with van der Waals surface area (Å²) in [6.07, 6.45) is 2.05. The number of methoxy groups -OCH3 is 1. The number of carbonyl (C=O) groups excluding carboxylic acids is 1. The number of hydrogen-bond donors (Lipinski definition) is 0. The van der Waals surface area contributed by atoms with E-state index in [1.807, 2.05) is 11.8 Å². The van der Waals surface area contributed by atoms with E-state index in [1.54, 1.807) is 14.0 Å². The van der Waals surface area contributed by atoms with E-state index >= 15 is 0 Å². The number of carbonyl (C=O) groups is 1. The van der Waals surface area contributed by atoms with E-state index < -0.39 is 0 Å². The van der Waals surface area contributed by atoms with E-state index in [0.29, 0.717) is 32.7 Å². The average molecular weight is 256 g/mol. The fourth-order valence-electron chi connectivity index (χ4n) is 1.79. The maximum absolute atomic E-state index is 11.9. The predicted molar refractivity (Wildman–Crippen MR) is 69.0 cm³/mol. The molecular weight excluding hydrogens is 232 g/mol. The van der Waals surface area contributed by atoms with Crippen LogP contribution in [0, 0.1) is 11.3 Å². The lowest BCUT2D eigenvalue weighted by Gasteiger charge is -2.29. The maximum Gasteiger partial charge on any atom is 0.323 e. The quantitative estimate of drug-likeness (QED) is 0.555. The van der Waals surface area contributed by atoms with Crippen LogP contribution in [0.3, 0.4) is 0 Å². The van der Waals surface area contributed by atoms with Crippen molar-refractivity contribution in [1.29, 1.82) is 5.26 Å². The summed E-state index contributed by atoms with van der Waals surface area (Å²) in [5.74, 6) is -0.201. The Balaban J connectivity index is 4.60. The van der Waals surface area contributed by atoms with Gasteiger partial charge in [0, 0.05) is 26.6 Å². The fraction of sp³-hybridized carbons (Fsp3) is 0.846. The molecule has 1 unspecified atom stereocenters. The standard InChI is InChI=1S/C13H24N2O3/c1-4-7-12(13(16)18-5-2)15(9-6-8-14)10-11-17-3/h12H,4-7,9-11H2,1-3H3. The van der Waals surface area contributed by atoms with Gasteiger partial charge >= 0.3 is 5.97 Å². The second-order valence-electron chi connectivity index (χ2n) is 3.99. The minimum absolute atomic E-state index is 0.201. The molecule has 104 valence electrons. The third-order valence-corrected chi connectivity index (χ3v) is 2.66. The van der Waals surface area contributed by atoms with Gasteiger partial charge in [-0.2, -0.15) is 5.26 Å². The summed E-state index contributed by atoms with van der Waals surface area (Å²) in [5.41, 5.74) is 0. The number of esters is 1. The van der Waals surface area contributed by atoms with Gasteiger partial charge in [0.1, 0.15) is 6.04 Å². The Morgan fingerprint density at radius 1 is 1.39 bits per heavy atom. The first kappa shape index (κ1) is 16.9. The van der Waals surface area contributed by atoms with E-state index in [0.717, 1.165) is 12.8 Å². The zero-order valence-corrected chi connectivity index (χ0v) is 11.6. The van der Waals surface area contributed by atoms with Crippen LogP contribution in [0.2, 0.25) is 0 Å². The van der Waals surface area contributed by atoms with Crippen LogP contribution < -0.4 is 0 Å². The number of nitrogens with zero attached hydrogens (tertiary/aromatic N) is 2. The lowest BCUT2D eigenvalue weighted by atomic mass is 10.1. The highest BCUT2D eigenvalue weighted by atomic mass is 16.5. The summed E-state index contributed by atoms with van der Waals surface area (Å²) >= 11 is 0. The molecule has 0 aromatic carbocycles. The van der Waals surface area contributed by atoms with Crippen molar-refractivity contribution in [3.05, 3.63) is 0 Å². The molecule has 0 amide bonds. The van der Waals surface area contributed by atoms with Crippen molar-refractivity contribution in [2.24, 2.45) is 0 Å². The van der Waals surface area contributed by atoms with Crippen LogP contribution >= 0.6 is 0 Å². The molecule has 0 saturated heterocycles. The molecule has 0 aliphatic carbocycles. The van der Waals surface area contributed by atoms with E-state index in [1.165, 1.54) is 0 Å². The molecule has 0 aliphatic rings. The van der Waals surface area contributed by atoms with Crippen molar-refractivity contribution in [1.82, 2.24) is 4.90 Å². The first-order valence-electron chi connectivity index (χ1n) is 6.47. The largest absolute Gasteiger partial charge is 0.465 e. The Kier molecular flexibility index (Phi) is 10.3. The zero-order valence-electron chi connectivity index (χ0n) is 11.6. The molecule has 0 fully saturated rings. The molecular formula is C13H24N2O3. The summed E-state index contributed by atoms with van der Waals surface area (Å²) in [4.78, 5) is 13.9. The molecule has 0 aromatic rings. The summed E-state index contributed by atoms with van der Waals surface area (Å²) in [5, 5.41) is 8.67.